The number of anilines is 1. The van der Waals surface area contributed by atoms with Crippen LogP contribution >= 0.6 is 15.9 Å². The maximum Gasteiger partial charge on any atom is 0.405 e. The molecule has 6 heteroatoms. The maximum atomic E-state index is 12.6. The second kappa shape index (κ2) is 6.15. The predicted molar refractivity (Wildman–Crippen MR) is 91.5 cm³/mol. The normalized spacial score (nSPS) is 26.6. The van der Waals surface area contributed by atoms with Crippen molar-refractivity contribution in [2.75, 3.05) is 4.90 Å². The Labute approximate surface area is 144 Å². The summed E-state index contributed by atoms with van der Waals surface area (Å²) in [6, 6.07) is 5.52. The second-order valence-electron chi connectivity index (χ2n) is 6.43. The molecule has 23 heavy (non-hydrogen) atoms. The number of nitrogens with zero attached hydrogens (tertiary/aromatic N) is 1. The smallest absolute Gasteiger partial charge is 0.405 e. The van der Waals surface area contributed by atoms with Crippen LogP contribution in [-0.4, -0.2) is 23.1 Å². The number of amides is 2. The first-order chi connectivity index (χ1) is 10.9. The summed E-state index contributed by atoms with van der Waals surface area (Å²) < 4.78 is 0.884. The van der Waals surface area contributed by atoms with Gasteiger partial charge in [0.25, 0.3) is 0 Å². The van der Waals surface area contributed by atoms with E-state index in [2.05, 4.69) is 21.2 Å². The number of benzene rings is 1. The first kappa shape index (κ1) is 16.3. The van der Waals surface area contributed by atoms with E-state index in [4.69, 9.17) is 0 Å². The van der Waals surface area contributed by atoms with Gasteiger partial charge in [-0.2, -0.15) is 0 Å². The minimum atomic E-state index is -1.03. The molecule has 2 N–H and O–H groups in total. The van der Waals surface area contributed by atoms with Crippen LogP contribution in [-0.2, 0) is 4.79 Å². The van der Waals surface area contributed by atoms with Crippen LogP contribution in [0, 0.1) is 11.8 Å². The van der Waals surface area contributed by atoms with Crippen LogP contribution in [0.15, 0.2) is 22.7 Å². The number of nitrogens with one attached hydrogen (secondary N) is 1. The zero-order valence-corrected chi connectivity index (χ0v) is 14.8. The van der Waals surface area contributed by atoms with Gasteiger partial charge in [-0.05, 0) is 42.5 Å². The molecule has 2 amide bonds. The number of carbonyl (C=O) groups excluding carboxylic acids is 1. The summed E-state index contributed by atoms with van der Waals surface area (Å²) in [5, 5.41) is 11.9. The van der Waals surface area contributed by atoms with Crippen LogP contribution in [0.3, 0.4) is 0 Å². The van der Waals surface area contributed by atoms with Crippen LogP contribution < -0.4 is 10.2 Å². The quantitative estimate of drug-likeness (QED) is 0.834. The summed E-state index contributed by atoms with van der Waals surface area (Å²) in [6.07, 6.45) is 1.63. The van der Waals surface area contributed by atoms with Crippen molar-refractivity contribution >= 4 is 33.6 Å². The minimum Gasteiger partial charge on any atom is -0.465 e. The molecule has 1 saturated carbocycles. The van der Waals surface area contributed by atoms with Gasteiger partial charge in [-0.1, -0.05) is 29.8 Å². The lowest BCUT2D eigenvalue weighted by atomic mass is 9.80. The third kappa shape index (κ3) is 2.96. The van der Waals surface area contributed by atoms with Gasteiger partial charge < -0.3 is 15.3 Å². The molecule has 1 aliphatic carbocycles. The minimum absolute atomic E-state index is 0.0379. The highest BCUT2D eigenvalue weighted by Gasteiger charge is 2.48. The first-order valence-electron chi connectivity index (χ1n) is 8.05. The fourth-order valence-corrected chi connectivity index (χ4v) is 4.14. The summed E-state index contributed by atoms with van der Waals surface area (Å²) in [6.45, 7) is 3.92. The molecule has 0 saturated heterocycles. The highest BCUT2D eigenvalue weighted by Crippen LogP contribution is 2.49. The van der Waals surface area contributed by atoms with Gasteiger partial charge in [0, 0.05) is 28.5 Å². The molecular weight excluding hydrogens is 360 g/mol. The van der Waals surface area contributed by atoms with E-state index in [0.717, 1.165) is 28.6 Å². The Morgan fingerprint density at radius 3 is 2.65 bits per heavy atom. The number of hydrogen-bond donors (Lipinski definition) is 2. The van der Waals surface area contributed by atoms with Crippen molar-refractivity contribution in [3.05, 3.63) is 28.2 Å². The predicted octanol–water partition coefficient (Wildman–Crippen LogP) is 3.93. The summed E-state index contributed by atoms with van der Waals surface area (Å²) >= 11 is 3.46. The van der Waals surface area contributed by atoms with Crippen LogP contribution in [0.5, 0.6) is 0 Å². The number of fused-ring (bicyclic) bond motifs is 1. The third-order valence-corrected chi connectivity index (χ3v) is 5.40. The topological polar surface area (TPSA) is 69.6 Å². The van der Waals surface area contributed by atoms with Gasteiger partial charge in [-0.25, -0.2) is 4.79 Å². The van der Waals surface area contributed by atoms with Crippen LogP contribution in [0.1, 0.15) is 44.7 Å². The lowest BCUT2D eigenvalue weighted by Crippen LogP contribution is -2.53. The Bertz CT molecular complexity index is 645. The summed E-state index contributed by atoms with van der Waals surface area (Å²) in [5.74, 6) is 0.609. The Hall–Kier alpha value is -1.56. The SMILES string of the molecule is CCC(=O)N1c2ccc(Br)cc2[C@H](NC(=O)O)[C@@H](C)[C@H]1C1CC1. The average molecular weight is 381 g/mol. The van der Waals surface area contributed by atoms with Crippen molar-refractivity contribution in [1.29, 1.82) is 0 Å². The summed E-state index contributed by atoms with van der Waals surface area (Å²) in [4.78, 5) is 25.8. The standard InChI is InChI=1S/C17H21BrN2O3/c1-3-14(21)20-13-7-6-11(18)8-12(13)15(19-17(22)23)9(2)16(20)10-4-5-10/h6-10,15-16,19H,3-5H2,1-2H3,(H,22,23)/t9-,15-,16+/m1/s1. The number of carboxylic acid groups (broad SMARTS) is 1. The van der Waals surface area contributed by atoms with Crippen molar-refractivity contribution in [2.24, 2.45) is 11.8 Å². The Kier molecular flexibility index (Phi) is 4.36. The van der Waals surface area contributed by atoms with Gasteiger partial charge in [0.2, 0.25) is 5.91 Å². The molecule has 0 bridgehead atoms. The number of rotatable bonds is 3. The monoisotopic (exact) mass is 380 g/mol. The van der Waals surface area contributed by atoms with E-state index in [1.807, 2.05) is 36.9 Å². The molecule has 1 heterocycles. The van der Waals surface area contributed by atoms with E-state index in [1.54, 1.807) is 0 Å². The molecule has 5 nitrogen and oxygen atoms in total. The molecule has 2 aliphatic rings. The van der Waals surface area contributed by atoms with Gasteiger partial charge in [0.05, 0.1) is 6.04 Å². The van der Waals surface area contributed by atoms with Gasteiger partial charge in [0.15, 0.2) is 0 Å². The van der Waals surface area contributed by atoms with E-state index >= 15 is 0 Å². The number of carbonyl (C=O) groups is 2. The Morgan fingerprint density at radius 2 is 2.09 bits per heavy atom. The van der Waals surface area contributed by atoms with Gasteiger partial charge >= 0.3 is 6.09 Å². The van der Waals surface area contributed by atoms with Crippen molar-refractivity contribution in [2.45, 2.75) is 45.2 Å². The number of hydrogen-bond acceptors (Lipinski definition) is 2. The molecule has 3 atom stereocenters. The molecule has 1 aromatic carbocycles. The molecule has 0 unspecified atom stereocenters. The van der Waals surface area contributed by atoms with Crippen molar-refractivity contribution in [3.63, 3.8) is 0 Å². The van der Waals surface area contributed by atoms with E-state index in [0.29, 0.717) is 12.3 Å². The maximum absolute atomic E-state index is 12.6. The van der Waals surface area contributed by atoms with Crippen molar-refractivity contribution in [1.82, 2.24) is 5.32 Å². The molecule has 1 fully saturated rings. The molecular formula is C17H21BrN2O3. The van der Waals surface area contributed by atoms with E-state index in [9.17, 15) is 14.7 Å². The fraction of sp³-hybridized carbons (Fsp3) is 0.529. The second-order valence-corrected chi connectivity index (χ2v) is 7.35. The van der Waals surface area contributed by atoms with E-state index < -0.39 is 6.09 Å². The Balaban J connectivity index is 2.12. The van der Waals surface area contributed by atoms with E-state index in [1.165, 1.54) is 0 Å². The molecule has 0 spiro atoms. The average Bonchev–Trinajstić information content (AvgIpc) is 3.33. The Morgan fingerprint density at radius 1 is 1.39 bits per heavy atom. The summed E-state index contributed by atoms with van der Waals surface area (Å²) in [5.41, 5.74) is 1.71. The van der Waals surface area contributed by atoms with Crippen LogP contribution in [0.25, 0.3) is 0 Å². The number of halogens is 1. The zero-order chi connectivity index (χ0) is 16.7. The highest BCUT2D eigenvalue weighted by molar-refractivity contribution is 9.10. The lowest BCUT2D eigenvalue weighted by molar-refractivity contribution is -0.119. The molecule has 0 radical (unpaired) electrons. The van der Waals surface area contributed by atoms with Gasteiger partial charge in [-0.3, -0.25) is 4.79 Å². The first-order valence-corrected chi connectivity index (χ1v) is 8.84. The fourth-order valence-electron chi connectivity index (χ4n) is 3.76. The molecule has 0 aromatic heterocycles. The van der Waals surface area contributed by atoms with Crippen LogP contribution in [0.4, 0.5) is 10.5 Å². The molecule has 124 valence electrons. The van der Waals surface area contributed by atoms with Crippen LogP contribution in [0.2, 0.25) is 0 Å². The zero-order valence-electron chi connectivity index (χ0n) is 13.3. The molecule has 1 aromatic rings. The lowest BCUT2D eigenvalue weighted by Gasteiger charge is -2.45. The van der Waals surface area contributed by atoms with Gasteiger partial charge in [0.1, 0.15) is 0 Å². The molecule has 1 aliphatic heterocycles. The largest absolute Gasteiger partial charge is 0.465 e. The third-order valence-electron chi connectivity index (χ3n) is 4.90. The van der Waals surface area contributed by atoms with E-state index in [-0.39, 0.29) is 23.9 Å². The highest BCUT2D eigenvalue weighted by atomic mass is 79.9. The van der Waals surface area contributed by atoms with Crippen molar-refractivity contribution < 1.29 is 14.7 Å². The summed E-state index contributed by atoms with van der Waals surface area (Å²) in [7, 11) is 0. The van der Waals surface area contributed by atoms with Crippen molar-refractivity contribution in [3.8, 4) is 0 Å². The molecule has 3 rings (SSSR count). The van der Waals surface area contributed by atoms with Gasteiger partial charge in [-0.15, -0.1) is 0 Å².